The predicted octanol–water partition coefficient (Wildman–Crippen LogP) is 9.18. The minimum absolute atomic E-state index is 0.0227. The lowest BCUT2D eigenvalue weighted by Gasteiger charge is -2.46. The van der Waals surface area contributed by atoms with Gasteiger partial charge in [0, 0.05) is 49.0 Å². The number of aliphatic hydroxyl groups is 1. The fourth-order valence-electron chi connectivity index (χ4n) is 9.08. The fourth-order valence-corrected chi connectivity index (χ4v) is 9.08. The van der Waals surface area contributed by atoms with Crippen molar-refractivity contribution in [3.8, 4) is 22.6 Å². The Morgan fingerprint density at radius 3 is 2.14 bits per heavy atom. The topological polar surface area (TPSA) is 125 Å². The molecule has 322 valence electrons. The normalized spacial score (nSPS) is 20.9. The van der Waals surface area contributed by atoms with E-state index in [1.54, 1.807) is 0 Å². The summed E-state index contributed by atoms with van der Waals surface area (Å²) in [4.78, 5) is 31.0. The molecule has 3 saturated heterocycles. The van der Waals surface area contributed by atoms with E-state index in [9.17, 15) is 14.7 Å². The zero-order valence-corrected chi connectivity index (χ0v) is 35.4. The molecule has 3 amide bonds. The van der Waals surface area contributed by atoms with Crippen molar-refractivity contribution >= 4 is 23.3 Å². The highest BCUT2D eigenvalue weighted by Gasteiger charge is 2.51. The summed E-state index contributed by atoms with van der Waals surface area (Å²) in [7, 11) is 0. The number of rotatable bonds is 12. The van der Waals surface area contributed by atoms with Crippen LogP contribution in [0, 0.1) is 5.92 Å². The van der Waals surface area contributed by atoms with Gasteiger partial charge in [-0.3, -0.25) is 4.79 Å². The van der Waals surface area contributed by atoms with Crippen molar-refractivity contribution < 1.29 is 28.9 Å². The number of ether oxygens (including phenoxy) is 3. The molecule has 11 nitrogen and oxygen atoms in total. The smallest absolute Gasteiger partial charge is 0.319 e. The van der Waals surface area contributed by atoms with Gasteiger partial charge in [-0.05, 0) is 89.2 Å². The molecule has 0 radical (unpaired) electrons. The number of carbonyl (C=O) groups excluding carboxylic acids is 2. The van der Waals surface area contributed by atoms with Gasteiger partial charge in [-0.15, -0.1) is 0 Å². The van der Waals surface area contributed by atoms with Crippen LogP contribution in [-0.4, -0.2) is 59.9 Å². The molecule has 3 aliphatic heterocycles. The number of hydrogen-bond donors (Lipinski definition) is 4. The van der Waals surface area contributed by atoms with Crippen LogP contribution < -0.4 is 25.6 Å². The van der Waals surface area contributed by atoms with Gasteiger partial charge >= 0.3 is 6.03 Å². The minimum Gasteiger partial charge on any atom is -0.457 e. The number of urea groups is 1. The Bertz CT molecular complexity index is 2460. The first kappa shape index (κ1) is 41.8. The van der Waals surface area contributed by atoms with Crippen LogP contribution in [0.2, 0.25) is 0 Å². The molecule has 63 heavy (non-hydrogen) atoms. The number of likely N-dealkylation sites (tertiary alicyclic amines) is 1. The Labute approximate surface area is 368 Å². The molecule has 3 fully saturated rings. The van der Waals surface area contributed by atoms with E-state index in [0.29, 0.717) is 31.2 Å². The van der Waals surface area contributed by atoms with E-state index in [0.717, 1.165) is 70.7 Å². The SMILES string of the molecule is CC1C(CN2CCC3(CC2)C(=O)NCN3c2ccccc2)OC(c2ccc(-c3ccccc3CNC(=O)Nc3ccc(Oc4ccccc4)cc3)cc2)OC1c1ccc(CO)cc1. The second-order valence-corrected chi connectivity index (χ2v) is 16.6. The zero-order chi connectivity index (χ0) is 43.2. The number of benzene rings is 6. The van der Waals surface area contributed by atoms with Gasteiger partial charge in [-0.25, -0.2) is 4.79 Å². The van der Waals surface area contributed by atoms with E-state index in [-0.39, 0.29) is 36.7 Å². The summed E-state index contributed by atoms with van der Waals surface area (Å²) in [5.74, 6) is 1.56. The van der Waals surface area contributed by atoms with E-state index in [1.807, 2.05) is 115 Å². The third-order valence-corrected chi connectivity index (χ3v) is 12.7. The van der Waals surface area contributed by atoms with Crippen LogP contribution in [0.25, 0.3) is 11.1 Å². The maximum Gasteiger partial charge on any atom is 0.319 e. The molecule has 3 heterocycles. The molecule has 4 unspecified atom stereocenters. The quantitative estimate of drug-likeness (QED) is 0.0962. The Morgan fingerprint density at radius 2 is 1.43 bits per heavy atom. The first-order valence-electron chi connectivity index (χ1n) is 21.8. The van der Waals surface area contributed by atoms with Crippen molar-refractivity contribution in [1.82, 2.24) is 15.5 Å². The van der Waals surface area contributed by atoms with Crippen molar-refractivity contribution in [3.63, 3.8) is 0 Å². The van der Waals surface area contributed by atoms with Gasteiger partial charge in [-0.2, -0.15) is 0 Å². The second kappa shape index (κ2) is 18.9. The number of hydrogen-bond acceptors (Lipinski definition) is 8. The number of para-hydroxylation sites is 2. The van der Waals surface area contributed by atoms with Crippen LogP contribution in [0.5, 0.6) is 11.5 Å². The van der Waals surface area contributed by atoms with E-state index < -0.39 is 11.8 Å². The molecule has 1 spiro atoms. The monoisotopic (exact) mass is 843 g/mol. The van der Waals surface area contributed by atoms with Crippen molar-refractivity contribution in [3.05, 3.63) is 180 Å². The molecule has 6 aromatic carbocycles. The Hall–Kier alpha value is -6.50. The highest BCUT2D eigenvalue weighted by atomic mass is 16.7. The zero-order valence-electron chi connectivity index (χ0n) is 35.4. The molecule has 0 aromatic heterocycles. The second-order valence-electron chi connectivity index (χ2n) is 16.6. The Morgan fingerprint density at radius 1 is 0.778 bits per heavy atom. The molecule has 0 aliphatic carbocycles. The van der Waals surface area contributed by atoms with E-state index >= 15 is 0 Å². The minimum atomic E-state index is -0.618. The summed E-state index contributed by atoms with van der Waals surface area (Å²) in [5, 5.41) is 18.8. The van der Waals surface area contributed by atoms with Crippen LogP contribution in [0.3, 0.4) is 0 Å². The van der Waals surface area contributed by atoms with Crippen LogP contribution >= 0.6 is 0 Å². The van der Waals surface area contributed by atoms with Gasteiger partial charge in [0.05, 0.1) is 25.5 Å². The summed E-state index contributed by atoms with van der Waals surface area (Å²) in [6, 6.07) is 51.0. The molecule has 0 bridgehead atoms. The predicted molar refractivity (Wildman–Crippen MR) is 244 cm³/mol. The summed E-state index contributed by atoms with van der Waals surface area (Å²) >= 11 is 0. The number of aliphatic hydroxyl groups excluding tert-OH is 1. The number of anilines is 2. The molecule has 3 aliphatic rings. The fraction of sp³-hybridized carbons (Fsp3) is 0.269. The Kier molecular flexibility index (Phi) is 12.5. The largest absolute Gasteiger partial charge is 0.457 e. The maximum absolute atomic E-state index is 13.4. The lowest BCUT2D eigenvalue weighted by atomic mass is 9.84. The van der Waals surface area contributed by atoms with Crippen molar-refractivity contribution in [1.29, 1.82) is 0 Å². The average molecular weight is 844 g/mol. The van der Waals surface area contributed by atoms with Crippen molar-refractivity contribution in [2.75, 3.05) is 36.5 Å². The number of piperidine rings is 1. The summed E-state index contributed by atoms with van der Waals surface area (Å²) in [5.41, 5.74) is 6.93. The molecule has 4 atom stereocenters. The summed E-state index contributed by atoms with van der Waals surface area (Å²) < 4.78 is 19.6. The van der Waals surface area contributed by atoms with Crippen molar-refractivity contribution in [2.45, 2.75) is 57.0 Å². The molecule has 6 aromatic rings. The van der Waals surface area contributed by atoms with Crippen LogP contribution in [-0.2, 0) is 27.4 Å². The van der Waals surface area contributed by atoms with Gasteiger partial charge in [0.1, 0.15) is 17.0 Å². The number of nitrogens with zero attached hydrogens (tertiary/aromatic N) is 2. The summed E-state index contributed by atoms with van der Waals surface area (Å²) in [6.07, 6.45) is 0.436. The lowest BCUT2D eigenvalue weighted by Crippen LogP contribution is -2.57. The van der Waals surface area contributed by atoms with Gasteiger partial charge < -0.3 is 45.1 Å². The number of nitrogens with one attached hydrogen (secondary N) is 3. The standard InChI is InChI=1S/C52H53N5O6/c1-36-47(33-56-30-28-52(29-31-56)50(59)54-35-57(52)43-11-4-2-5-12-43)62-49(63-48(36)39-18-16-37(34-58)17-19-39)40-22-20-38(21-23-40)46-15-9-8-10-41(46)32-53-51(60)55-42-24-26-45(27-25-42)61-44-13-6-3-7-14-44/h2-27,36,47-49,58H,28-35H2,1H3,(H,54,59)(H2,53,55,60). The molecule has 4 N–H and O–H groups in total. The molecule has 9 rings (SSSR count). The molecular weight excluding hydrogens is 791 g/mol. The average Bonchev–Trinajstić information content (AvgIpc) is 3.65. The van der Waals surface area contributed by atoms with E-state index in [1.165, 1.54) is 0 Å². The van der Waals surface area contributed by atoms with Crippen LogP contribution in [0.15, 0.2) is 158 Å². The summed E-state index contributed by atoms with van der Waals surface area (Å²) in [6.45, 7) is 5.25. The number of amides is 3. The lowest BCUT2D eigenvalue weighted by molar-refractivity contribution is -0.276. The molecule has 0 saturated carbocycles. The molecular formula is C52H53N5O6. The van der Waals surface area contributed by atoms with Crippen LogP contribution in [0.1, 0.15) is 54.4 Å². The molecule has 11 heteroatoms. The van der Waals surface area contributed by atoms with Crippen molar-refractivity contribution in [2.24, 2.45) is 5.92 Å². The first-order chi connectivity index (χ1) is 30.8. The van der Waals surface area contributed by atoms with Gasteiger partial charge in [-0.1, -0.05) is 116 Å². The third kappa shape index (κ3) is 9.33. The third-order valence-electron chi connectivity index (χ3n) is 12.7. The van der Waals surface area contributed by atoms with Crippen LogP contribution in [0.4, 0.5) is 16.2 Å². The Balaban J connectivity index is 0.866. The number of carbonyl (C=O) groups is 2. The highest BCUT2D eigenvalue weighted by Crippen LogP contribution is 2.43. The van der Waals surface area contributed by atoms with E-state index in [4.69, 9.17) is 14.2 Å². The first-order valence-corrected chi connectivity index (χ1v) is 21.8. The van der Waals surface area contributed by atoms with Gasteiger partial charge in [0.15, 0.2) is 6.29 Å². The van der Waals surface area contributed by atoms with Gasteiger partial charge in [0.25, 0.3) is 0 Å². The van der Waals surface area contributed by atoms with E-state index in [2.05, 4.69) is 75.1 Å². The van der Waals surface area contributed by atoms with Gasteiger partial charge in [0.2, 0.25) is 5.91 Å². The highest BCUT2D eigenvalue weighted by molar-refractivity contribution is 5.93. The maximum atomic E-state index is 13.4.